The van der Waals surface area contributed by atoms with Crippen molar-refractivity contribution < 1.29 is 71.5 Å². The van der Waals surface area contributed by atoms with E-state index in [2.05, 4.69) is 28.3 Å². The fourth-order valence-electron chi connectivity index (χ4n) is 4.56. The number of phosphoric acid groups is 2. The summed E-state index contributed by atoms with van der Waals surface area (Å²) in [5.41, 5.74) is 11.3. The number of phosphoric ester groups is 2. The van der Waals surface area contributed by atoms with E-state index >= 15 is 0 Å². The number of aliphatic hydroxyl groups is 4. The van der Waals surface area contributed by atoms with Crippen molar-refractivity contribution in [3.05, 3.63) is 42.7 Å². The van der Waals surface area contributed by atoms with Crippen LogP contribution in [0.5, 0.6) is 0 Å². The highest BCUT2D eigenvalue weighted by molar-refractivity contribution is 7.59. The van der Waals surface area contributed by atoms with Gasteiger partial charge in [0.1, 0.15) is 47.9 Å². The topological polar surface area (TPSA) is 360 Å². The number of rotatable bonds is 11. The Bertz CT molecular complexity index is 1630. The van der Waals surface area contributed by atoms with E-state index in [1.54, 1.807) is 0 Å². The zero-order chi connectivity index (χ0) is 32.0. The van der Waals surface area contributed by atoms with E-state index < -0.39 is 83.8 Å². The zero-order valence-electron chi connectivity index (χ0n) is 23.2. The standard InChI is InChI=1S/C21H27N7O14P2.H3N/c22-17-12-19(25-7-24-17)28(8-26-12)21-16(32)14(30)11(41-21)6-39-44(36,37)42-43(34,35)38-5-10-13(29)15(31)20(40-10)27-3-1-2-9(4-27)18(23)33;/h1-4,7-8,10-11,13-16,20-21,29-32H,5-6H2,(H5-,22,23,24,25,33,34,35,36,37);1H3/t10-,11-,13-,14-,15-,16-,20-,21-;/m1./s1/i5+1,10+1,13+1,15+1,20+1;. The third-order valence-corrected chi connectivity index (χ3v) is 9.26. The molecule has 22 nitrogen and oxygen atoms in total. The Labute approximate surface area is 252 Å². The quantitative estimate of drug-likeness (QED) is 0.0576. The normalized spacial score (nSPS) is 30.9. The molecule has 12 N–H and O–H groups in total. The first-order valence-electron chi connectivity index (χ1n) is 12.6. The molecule has 0 bridgehead atoms. The number of hydrogen-bond acceptors (Lipinski definition) is 18. The summed E-state index contributed by atoms with van der Waals surface area (Å²) < 4.78 is 51.1. The largest absolute Gasteiger partial charge is 0.756 e. The van der Waals surface area contributed by atoms with E-state index in [9.17, 15) is 44.1 Å². The molecule has 45 heavy (non-hydrogen) atoms. The van der Waals surface area contributed by atoms with E-state index in [1.165, 1.54) is 40.0 Å². The molecule has 5 rings (SSSR count). The van der Waals surface area contributed by atoms with Gasteiger partial charge in [-0.05, 0) is 6.07 Å². The highest BCUT2D eigenvalue weighted by Gasteiger charge is 2.49. The van der Waals surface area contributed by atoms with Gasteiger partial charge in [-0.2, -0.15) is 4.57 Å². The van der Waals surface area contributed by atoms with Crippen LogP contribution in [0, 0.1) is 0 Å². The smallest absolute Gasteiger partial charge is 0.292 e. The molecule has 2 saturated heterocycles. The van der Waals surface area contributed by atoms with Gasteiger partial charge < -0.3 is 66.4 Å². The van der Waals surface area contributed by atoms with E-state index in [0.717, 1.165) is 6.33 Å². The Balaban J connectivity index is 0.00000461. The van der Waals surface area contributed by atoms with Crippen LogP contribution in [0.2, 0.25) is 0 Å². The lowest BCUT2D eigenvalue weighted by atomic mass is 10.1. The number of carbonyl (C=O) groups excluding carboxylic acids is 1. The summed E-state index contributed by atoms with van der Waals surface area (Å²) >= 11 is 0. The molecule has 3 aromatic rings. The Morgan fingerprint density at radius 2 is 1.62 bits per heavy atom. The molecule has 2 unspecified atom stereocenters. The summed E-state index contributed by atoms with van der Waals surface area (Å²) in [5.74, 6) is -0.743. The summed E-state index contributed by atoms with van der Waals surface area (Å²) in [6.07, 6.45) is -7.26. The van der Waals surface area contributed by atoms with Gasteiger partial charge in [0, 0.05) is 6.07 Å². The van der Waals surface area contributed by atoms with Crippen LogP contribution in [-0.2, 0) is 32.0 Å². The number of primary amides is 1. The average molecular weight is 685 g/mol. The lowest BCUT2D eigenvalue weighted by molar-refractivity contribution is -0.765. The number of nitrogens with zero attached hydrogens (tertiary/aromatic N) is 5. The minimum Gasteiger partial charge on any atom is -0.756 e. The number of ether oxygens (including phenoxy) is 2. The number of aromatic nitrogens is 5. The maximum atomic E-state index is 12.3. The number of imidazole rings is 1. The van der Waals surface area contributed by atoms with Crippen molar-refractivity contribution in [2.45, 2.75) is 49.1 Å². The monoisotopic (exact) mass is 685 g/mol. The molecule has 10 atom stereocenters. The number of carbonyl (C=O) groups is 1. The SMILES string of the molecule is NC(=O)c1ccc[n+]([13C@@H]2O[13C@H]([13CH2]OP(=O)([O-])OP(=O)([O-])OC[C@H]3O[C@@H](n4cnc5c(N)ncnc54)[C@H](O)[C@@H]3O)[13C@@H](O)[13C@H]2O)c1.[NH4+]. The minimum absolute atomic E-state index is 0. The lowest BCUT2D eigenvalue weighted by Gasteiger charge is -2.31. The van der Waals surface area contributed by atoms with Gasteiger partial charge in [0.15, 0.2) is 36.2 Å². The maximum absolute atomic E-state index is 12.3. The molecule has 0 radical (unpaired) electrons. The number of nitrogen functional groups attached to an aromatic ring is 1. The number of amides is 1. The fraction of sp³-hybridized carbons (Fsp3) is 0.476. The number of anilines is 1. The van der Waals surface area contributed by atoms with Crippen molar-refractivity contribution in [1.82, 2.24) is 25.7 Å². The highest BCUT2D eigenvalue weighted by Crippen LogP contribution is 2.56. The molecule has 0 aromatic carbocycles. The molecule has 2 aliphatic rings. The highest BCUT2D eigenvalue weighted by atomic mass is 31.3. The second-order valence-electron chi connectivity index (χ2n) is 9.65. The second kappa shape index (κ2) is 13.4. The molecule has 0 saturated carbocycles. The molecular weight excluding hydrogens is 655 g/mol. The van der Waals surface area contributed by atoms with Crippen LogP contribution in [0.15, 0.2) is 37.2 Å². The van der Waals surface area contributed by atoms with Crippen molar-refractivity contribution in [3.63, 3.8) is 0 Å². The molecule has 2 fully saturated rings. The Kier molecular flexibility index (Phi) is 10.3. The Hall–Kier alpha value is -3.05. The molecule has 3 aromatic heterocycles. The Morgan fingerprint density at radius 3 is 2.27 bits per heavy atom. The summed E-state index contributed by atoms with van der Waals surface area (Å²) in [4.78, 5) is 47.8. The predicted octanol–water partition coefficient (Wildman–Crippen LogP) is -3.90. The molecular formula is C21H30N8O14P2. The fourth-order valence-corrected chi connectivity index (χ4v) is 6.58. The predicted molar refractivity (Wildman–Crippen MR) is 141 cm³/mol. The van der Waals surface area contributed by atoms with Gasteiger partial charge >= 0.3 is 0 Å². The van der Waals surface area contributed by atoms with Gasteiger partial charge in [0.05, 0.1) is 19.5 Å². The summed E-state index contributed by atoms with van der Waals surface area (Å²) in [5, 5.41) is 41.5. The molecule has 5 heterocycles. The van der Waals surface area contributed by atoms with Crippen molar-refractivity contribution in [2.75, 3.05) is 18.9 Å². The van der Waals surface area contributed by atoms with E-state index in [-0.39, 0.29) is 28.7 Å². The van der Waals surface area contributed by atoms with Crippen LogP contribution in [-0.4, -0.2) is 95.7 Å². The van der Waals surface area contributed by atoms with Gasteiger partial charge in [-0.3, -0.25) is 18.5 Å². The second-order valence-corrected chi connectivity index (χ2v) is 12.6. The minimum atomic E-state index is -5.68. The van der Waals surface area contributed by atoms with Gasteiger partial charge in [0.25, 0.3) is 27.8 Å². The number of hydrogen-bond donors (Lipinski definition) is 7. The van der Waals surface area contributed by atoms with E-state index in [1.807, 2.05) is 0 Å². The van der Waals surface area contributed by atoms with Crippen molar-refractivity contribution in [1.29, 1.82) is 0 Å². The van der Waals surface area contributed by atoms with Crippen LogP contribution in [0.25, 0.3) is 11.2 Å². The van der Waals surface area contributed by atoms with Crippen LogP contribution >= 0.6 is 15.6 Å². The van der Waals surface area contributed by atoms with Gasteiger partial charge in [-0.15, -0.1) is 0 Å². The Morgan fingerprint density at radius 1 is 1.00 bits per heavy atom. The van der Waals surface area contributed by atoms with Crippen molar-refractivity contribution >= 4 is 38.5 Å². The van der Waals surface area contributed by atoms with Gasteiger partial charge in [-0.1, -0.05) is 0 Å². The first kappa shape index (κ1) is 34.8. The third kappa shape index (κ3) is 7.35. The summed E-state index contributed by atoms with van der Waals surface area (Å²) in [6.45, 7) is -1.98. The number of pyridine rings is 1. The van der Waals surface area contributed by atoms with Gasteiger partial charge in [0.2, 0.25) is 0 Å². The summed E-state index contributed by atoms with van der Waals surface area (Å²) in [6, 6.07) is 2.80. The van der Waals surface area contributed by atoms with E-state index in [0.29, 0.717) is 0 Å². The summed E-state index contributed by atoms with van der Waals surface area (Å²) in [7, 11) is -11.4. The van der Waals surface area contributed by atoms with Crippen LogP contribution < -0.4 is 32.0 Å². The van der Waals surface area contributed by atoms with Crippen LogP contribution in [0.1, 0.15) is 22.8 Å². The average Bonchev–Trinajstić information content (AvgIpc) is 3.61. The first-order valence-corrected chi connectivity index (χ1v) is 15.5. The molecule has 0 aliphatic carbocycles. The molecule has 24 heteroatoms. The van der Waals surface area contributed by atoms with Crippen LogP contribution in [0.3, 0.4) is 0 Å². The molecule has 1 amide bonds. The number of fused-ring (bicyclic) bond motifs is 1. The first-order chi connectivity index (χ1) is 20.7. The zero-order valence-corrected chi connectivity index (χ0v) is 24.9. The maximum Gasteiger partial charge on any atom is 0.292 e. The molecule has 248 valence electrons. The lowest BCUT2D eigenvalue weighted by Crippen LogP contribution is -2.46. The number of quaternary nitrogens is 1. The van der Waals surface area contributed by atoms with Gasteiger partial charge in [-0.25, -0.2) is 19.3 Å². The molecule has 2 aliphatic heterocycles. The number of nitrogens with two attached hydrogens (primary N) is 2. The number of aliphatic hydroxyl groups excluding tert-OH is 4. The molecule has 0 spiro atoms. The van der Waals surface area contributed by atoms with Crippen LogP contribution in [0.4, 0.5) is 5.82 Å². The van der Waals surface area contributed by atoms with Crippen molar-refractivity contribution in [3.8, 4) is 0 Å². The van der Waals surface area contributed by atoms with E-state index in [4.69, 9.17) is 20.9 Å². The third-order valence-electron chi connectivity index (χ3n) is 6.73. The van der Waals surface area contributed by atoms with Crippen molar-refractivity contribution in [2.24, 2.45) is 5.73 Å².